The highest BCUT2D eigenvalue weighted by Gasteiger charge is 2.18. The van der Waals surface area contributed by atoms with Gasteiger partial charge in [-0.05, 0) is 24.6 Å². The number of H-pyrrole nitrogens is 1. The van der Waals surface area contributed by atoms with Gasteiger partial charge in [-0.1, -0.05) is 35.5 Å². The molecule has 0 saturated heterocycles. The first-order valence-electron chi connectivity index (χ1n) is 5.79. The van der Waals surface area contributed by atoms with Crippen LogP contribution in [0, 0.1) is 0 Å². The molecule has 0 saturated carbocycles. The monoisotopic (exact) mass is 295 g/mol. The standard InChI is InChI=1S/C13H14ClN3OS/c1-8(15)12(9-2-4-10(14)5-3-9)19-13-16-7-6-11(18)17-13/h2-8,12H,15H2,1H3,(H,16,17,18). The van der Waals surface area contributed by atoms with Crippen molar-refractivity contribution in [3.8, 4) is 0 Å². The Balaban J connectivity index is 2.26. The number of nitrogens with one attached hydrogen (secondary N) is 1. The van der Waals surface area contributed by atoms with E-state index in [4.69, 9.17) is 17.3 Å². The average Bonchev–Trinajstić information content (AvgIpc) is 2.37. The summed E-state index contributed by atoms with van der Waals surface area (Å²) in [6.07, 6.45) is 1.49. The molecule has 0 radical (unpaired) electrons. The fraction of sp³-hybridized carbons (Fsp3) is 0.231. The second-order valence-corrected chi connectivity index (χ2v) is 5.76. The van der Waals surface area contributed by atoms with Gasteiger partial charge >= 0.3 is 0 Å². The van der Waals surface area contributed by atoms with Gasteiger partial charge in [0.25, 0.3) is 5.56 Å². The maximum Gasteiger partial charge on any atom is 0.251 e. The number of hydrogen-bond donors (Lipinski definition) is 2. The van der Waals surface area contributed by atoms with Crippen molar-refractivity contribution in [2.45, 2.75) is 23.4 Å². The molecule has 0 aliphatic carbocycles. The van der Waals surface area contributed by atoms with Crippen molar-refractivity contribution in [3.05, 3.63) is 57.5 Å². The summed E-state index contributed by atoms with van der Waals surface area (Å²) in [5.74, 6) is 0. The van der Waals surface area contributed by atoms with E-state index in [9.17, 15) is 4.79 Å². The van der Waals surface area contributed by atoms with Gasteiger partial charge in [0.1, 0.15) is 0 Å². The molecule has 0 fully saturated rings. The lowest BCUT2D eigenvalue weighted by molar-refractivity contribution is 0.717. The first kappa shape index (κ1) is 14.1. The van der Waals surface area contributed by atoms with Gasteiger partial charge in [0, 0.05) is 23.3 Å². The van der Waals surface area contributed by atoms with E-state index in [1.54, 1.807) is 0 Å². The van der Waals surface area contributed by atoms with Crippen molar-refractivity contribution in [1.29, 1.82) is 0 Å². The van der Waals surface area contributed by atoms with Gasteiger partial charge in [0.2, 0.25) is 0 Å². The van der Waals surface area contributed by atoms with E-state index in [0.29, 0.717) is 10.2 Å². The van der Waals surface area contributed by atoms with Gasteiger partial charge in [-0.25, -0.2) is 4.98 Å². The summed E-state index contributed by atoms with van der Waals surface area (Å²) in [6, 6.07) is 8.82. The SMILES string of the molecule is CC(N)C(Sc1nccc(=O)[nH]1)c1ccc(Cl)cc1. The Morgan fingerprint density at radius 1 is 1.32 bits per heavy atom. The maximum atomic E-state index is 11.3. The summed E-state index contributed by atoms with van der Waals surface area (Å²) in [5, 5.41) is 1.25. The number of nitrogens with zero attached hydrogens (tertiary/aromatic N) is 1. The summed E-state index contributed by atoms with van der Waals surface area (Å²) in [7, 11) is 0. The zero-order chi connectivity index (χ0) is 13.8. The third kappa shape index (κ3) is 3.83. The molecule has 2 atom stereocenters. The predicted octanol–water partition coefficient (Wildman–Crippen LogP) is 2.60. The molecule has 1 aromatic heterocycles. The fourth-order valence-electron chi connectivity index (χ4n) is 1.66. The molecule has 2 rings (SSSR count). The van der Waals surface area contributed by atoms with Crippen molar-refractivity contribution < 1.29 is 0 Å². The molecule has 0 aliphatic heterocycles. The van der Waals surface area contributed by atoms with E-state index in [0.717, 1.165) is 5.56 Å². The quantitative estimate of drug-likeness (QED) is 0.672. The number of aromatic nitrogens is 2. The number of thioether (sulfide) groups is 1. The first-order chi connectivity index (χ1) is 9.06. The summed E-state index contributed by atoms with van der Waals surface area (Å²) < 4.78 is 0. The van der Waals surface area contributed by atoms with E-state index in [1.165, 1.54) is 24.0 Å². The number of halogens is 1. The normalized spacial score (nSPS) is 14.1. The maximum absolute atomic E-state index is 11.3. The topological polar surface area (TPSA) is 71.8 Å². The van der Waals surface area contributed by atoms with Gasteiger partial charge in [0.15, 0.2) is 5.16 Å². The second kappa shape index (κ2) is 6.23. The second-order valence-electron chi connectivity index (χ2n) is 4.19. The molecule has 6 heteroatoms. The lowest BCUT2D eigenvalue weighted by atomic mass is 10.1. The van der Waals surface area contributed by atoms with Gasteiger partial charge in [-0.15, -0.1) is 0 Å². The Bertz CT molecular complexity index is 597. The highest BCUT2D eigenvalue weighted by atomic mass is 35.5. The fourth-order valence-corrected chi connectivity index (χ4v) is 2.82. The van der Waals surface area contributed by atoms with Crippen molar-refractivity contribution in [2.24, 2.45) is 5.73 Å². The molecule has 0 amide bonds. The number of aromatic amines is 1. The van der Waals surface area contributed by atoms with Crippen molar-refractivity contribution in [2.75, 3.05) is 0 Å². The zero-order valence-corrected chi connectivity index (χ0v) is 11.9. The molecule has 2 unspecified atom stereocenters. The summed E-state index contributed by atoms with van der Waals surface area (Å²) >= 11 is 7.31. The van der Waals surface area contributed by atoms with E-state index in [1.807, 2.05) is 31.2 Å². The largest absolute Gasteiger partial charge is 0.327 e. The Hall–Kier alpha value is -1.30. The Kier molecular flexibility index (Phi) is 4.63. The lowest BCUT2D eigenvalue weighted by Gasteiger charge is -2.20. The highest BCUT2D eigenvalue weighted by molar-refractivity contribution is 7.99. The van der Waals surface area contributed by atoms with Crippen molar-refractivity contribution >= 4 is 23.4 Å². The number of nitrogens with two attached hydrogens (primary N) is 1. The highest BCUT2D eigenvalue weighted by Crippen LogP contribution is 2.35. The number of rotatable bonds is 4. The van der Waals surface area contributed by atoms with Gasteiger partial charge in [-0.2, -0.15) is 0 Å². The summed E-state index contributed by atoms with van der Waals surface area (Å²) in [5.41, 5.74) is 6.90. The third-order valence-corrected chi connectivity index (χ3v) is 4.20. The molecule has 2 aromatic rings. The lowest BCUT2D eigenvalue weighted by Crippen LogP contribution is -2.23. The van der Waals surface area contributed by atoms with Crippen LogP contribution in [0.1, 0.15) is 17.7 Å². The van der Waals surface area contributed by atoms with Crippen LogP contribution in [0.25, 0.3) is 0 Å². The van der Waals surface area contributed by atoms with Crippen LogP contribution in [0.15, 0.2) is 46.5 Å². The molecule has 3 N–H and O–H groups in total. The van der Waals surface area contributed by atoms with Crippen LogP contribution in [0.5, 0.6) is 0 Å². The van der Waals surface area contributed by atoms with Crippen LogP contribution in [-0.4, -0.2) is 16.0 Å². The minimum Gasteiger partial charge on any atom is -0.327 e. The number of benzene rings is 1. The molecule has 0 bridgehead atoms. The van der Waals surface area contributed by atoms with Crippen LogP contribution in [0.2, 0.25) is 5.02 Å². The van der Waals surface area contributed by atoms with Crippen LogP contribution >= 0.6 is 23.4 Å². The summed E-state index contributed by atoms with van der Waals surface area (Å²) in [6.45, 7) is 1.92. The molecular formula is C13H14ClN3OS. The Labute approximate surface area is 120 Å². The molecule has 4 nitrogen and oxygen atoms in total. The van der Waals surface area contributed by atoms with Crippen molar-refractivity contribution in [3.63, 3.8) is 0 Å². The molecule has 0 spiro atoms. The van der Waals surface area contributed by atoms with E-state index >= 15 is 0 Å². The predicted molar refractivity (Wildman–Crippen MR) is 78.6 cm³/mol. The first-order valence-corrected chi connectivity index (χ1v) is 7.05. The van der Waals surface area contributed by atoms with Gasteiger partial charge in [0.05, 0.1) is 5.25 Å². The molecule has 100 valence electrons. The van der Waals surface area contributed by atoms with Gasteiger partial charge < -0.3 is 10.7 Å². The Morgan fingerprint density at radius 2 is 2.00 bits per heavy atom. The van der Waals surface area contributed by atoms with E-state index in [2.05, 4.69) is 9.97 Å². The Morgan fingerprint density at radius 3 is 2.58 bits per heavy atom. The molecule has 0 aliphatic rings. The van der Waals surface area contributed by atoms with Crippen molar-refractivity contribution in [1.82, 2.24) is 9.97 Å². The van der Waals surface area contributed by atoms with Gasteiger partial charge in [-0.3, -0.25) is 4.79 Å². The van der Waals surface area contributed by atoms with Crippen LogP contribution in [0.4, 0.5) is 0 Å². The van der Waals surface area contributed by atoms with E-state index in [-0.39, 0.29) is 16.9 Å². The average molecular weight is 296 g/mol. The smallest absolute Gasteiger partial charge is 0.251 e. The molecule has 1 heterocycles. The molecule has 1 aromatic carbocycles. The molecular weight excluding hydrogens is 282 g/mol. The minimum atomic E-state index is -0.169. The molecule has 19 heavy (non-hydrogen) atoms. The van der Waals surface area contributed by atoms with Crippen LogP contribution in [-0.2, 0) is 0 Å². The van der Waals surface area contributed by atoms with E-state index < -0.39 is 0 Å². The third-order valence-electron chi connectivity index (χ3n) is 2.56. The zero-order valence-electron chi connectivity index (χ0n) is 10.3. The van der Waals surface area contributed by atoms with Crippen LogP contribution < -0.4 is 11.3 Å². The number of hydrogen-bond acceptors (Lipinski definition) is 4. The van der Waals surface area contributed by atoms with Crippen LogP contribution in [0.3, 0.4) is 0 Å². The summed E-state index contributed by atoms with van der Waals surface area (Å²) in [4.78, 5) is 18.1. The minimum absolute atomic E-state index is 0.00261.